The first kappa shape index (κ1) is 33.2. The molecule has 0 radical (unpaired) electrons. The first-order valence-corrected chi connectivity index (χ1v) is 15.4. The van der Waals surface area contributed by atoms with E-state index < -0.39 is 23.8 Å². The molecule has 0 aliphatic carbocycles. The summed E-state index contributed by atoms with van der Waals surface area (Å²) in [7, 11) is 0. The standard InChI is InChI=1S/C37H41NO7/c1-3-4-5-12-21-44-24-31-34(33(32(36(41)42)25(2)38-31)28-18-13-19-29(23-28)35(39)40)37(43)45-22-20-30(26-14-8-6-9-15-26)27-16-10-7-11-17-27/h6-11,13-19,23,30,33,38H,3-5,12,20-22,24H2,1-2H3,(H,39,40)(H,41,42). The van der Waals surface area contributed by atoms with E-state index in [4.69, 9.17) is 9.47 Å². The van der Waals surface area contributed by atoms with E-state index in [0.717, 1.165) is 36.8 Å². The maximum absolute atomic E-state index is 14.0. The van der Waals surface area contributed by atoms with Gasteiger partial charge in [0.2, 0.25) is 0 Å². The summed E-state index contributed by atoms with van der Waals surface area (Å²) in [5.41, 5.74) is 3.34. The zero-order valence-electron chi connectivity index (χ0n) is 25.8. The SMILES string of the molecule is CCCCCCOCC1=C(C(=O)OCCC(c2ccccc2)c2ccccc2)C(c2cccc(C(=O)O)c2)C(C(=O)O)=C(C)N1. The van der Waals surface area contributed by atoms with Crippen molar-refractivity contribution in [2.45, 2.75) is 57.8 Å². The summed E-state index contributed by atoms with van der Waals surface area (Å²) < 4.78 is 11.9. The minimum absolute atomic E-state index is 0.0107. The van der Waals surface area contributed by atoms with Crippen molar-refractivity contribution in [3.63, 3.8) is 0 Å². The largest absolute Gasteiger partial charge is 0.478 e. The van der Waals surface area contributed by atoms with Crippen LogP contribution >= 0.6 is 0 Å². The topological polar surface area (TPSA) is 122 Å². The van der Waals surface area contributed by atoms with Gasteiger partial charge in [-0.3, -0.25) is 0 Å². The van der Waals surface area contributed by atoms with E-state index in [-0.39, 0.29) is 35.8 Å². The number of esters is 1. The molecule has 1 unspecified atom stereocenters. The number of carbonyl (C=O) groups is 3. The maximum atomic E-state index is 14.0. The molecule has 1 aliphatic heterocycles. The molecular formula is C37H41NO7. The van der Waals surface area contributed by atoms with Gasteiger partial charge in [-0.15, -0.1) is 0 Å². The fourth-order valence-electron chi connectivity index (χ4n) is 5.77. The normalized spacial score (nSPS) is 14.8. The number of unbranched alkanes of at least 4 members (excludes halogenated alkanes) is 3. The Kier molecular flexibility index (Phi) is 12.1. The van der Waals surface area contributed by atoms with Crippen LogP contribution in [0.15, 0.2) is 107 Å². The smallest absolute Gasteiger partial charge is 0.336 e. The van der Waals surface area contributed by atoms with E-state index in [1.807, 2.05) is 60.7 Å². The van der Waals surface area contributed by atoms with Crippen LogP contribution in [0.3, 0.4) is 0 Å². The first-order chi connectivity index (χ1) is 21.8. The van der Waals surface area contributed by atoms with Crippen molar-refractivity contribution in [1.29, 1.82) is 0 Å². The first-order valence-electron chi connectivity index (χ1n) is 15.4. The number of hydrogen-bond donors (Lipinski definition) is 3. The average Bonchev–Trinajstić information content (AvgIpc) is 3.05. The highest BCUT2D eigenvalue weighted by Crippen LogP contribution is 2.39. The van der Waals surface area contributed by atoms with Gasteiger partial charge in [-0.25, -0.2) is 14.4 Å². The Morgan fingerprint density at radius 1 is 0.800 bits per heavy atom. The summed E-state index contributed by atoms with van der Waals surface area (Å²) in [4.78, 5) is 38.4. The molecule has 3 aromatic rings. The zero-order valence-corrected chi connectivity index (χ0v) is 25.8. The van der Waals surface area contributed by atoms with Crippen LogP contribution in [-0.2, 0) is 19.1 Å². The number of ether oxygens (including phenoxy) is 2. The molecule has 236 valence electrons. The van der Waals surface area contributed by atoms with Gasteiger partial charge in [0.1, 0.15) is 0 Å². The number of dihydropyridines is 1. The number of allylic oxidation sites excluding steroid dienone is 1. The predicted molar refractivity (Wildman–Crippen MR) is 172 cm³/mol. The van der Waals surface area contributed by atoms with Crippen molar-refractivity contribution >= 4 is 17.9 Å². The molecule has 0 bridgehead atoms. The Bertz CT molecular complexity index is 1490. The van der Waals surface area contributed by atoms with Gasteiger partial charge in [0.25, 0.3) is 0 Å². The van der Waals surface area contributed by atoms with Crippen LogP contribution < -0.4 is 5.32 Å². The van der Waals surface area contributed by atoms with Gasteiger partial charge < -0.3 is 25.0 Å². The second kappa shape index (κ2) is 16.4. The van der Waals surface area contributed by atoms with Crippen LogP contribution in [0.25, 0.3) is 0 Å². The van der Waals surface area contributed by atoms with Crippen LogP contribution in [0, 0.1) is 0 Å². The molecule has 0 saturated carbocycles. The zero-order chi connectivity index (χ0) is 32.2. The summed E-state index contributed by atoms with van der Waals surface area (Å²) in [5, 5.41) is 23.0. The van der Waals surface area contributed by atoms with E-state index in [1.54, 1.807) is 19.1 Å². The Labute approximate surface area is 264 Å². The predicted octanol–water partition coefficient (Wildman–Crippen LogP) is 7.05. The second-order valence-corrected chi connectivity index (χ2v) is 11.1. The lowest BCUT2D eigenvalue weighted by Crippen LogP contribution is -2.34. The number of carboxylic acid groups (broad SMARTS) is 2. The molecular weight excluding hydrogens is 570 g/mol. The summed E-state index contributed by atoms with van der Waals surface area (Å²) in [6, 6.07) is 26.0. The minimum Gasteiger partial charge on any atom is -0.478 e. The molecule has 1 heterocycles. The molecule has 8 heteroatoms. The molecule has 1 aliphatic rings. The number of nitrogens with one attached hydrogen (secondary N) is 1. The molecule has 3 N–H and O–H groups in total. The van der Waals surface area contributed by atoms with Crippen LogP contribution in [-0.4, -0.2) is 47.9 Å². The van der Waals surface area contributed by atoms with Crippen molar-refractivity contribution in [2.24, 2.45) is 0 Å². The Morgan fingerprint density at radius 2 is 1.47 bits per heavy atom. The Morgan fingerprint density at radius 3 is 2.07 bits per heavy atom. The fourth-order valence-corrected chi connectivity index (χ4v) is 5.77. The quantitative estimate of drug-likeness (QED) is 0.116. The van der Waals surface area contributed by atoms with Gasteiger partial charge >= 0.3 is 17.9 Å². The third-order valence-corrected chi connectivity index (χ3v) is 7.99. The van der Waals surface area contributed by atoms with Crippen LogP contribution in [0.1, 0.15) is 84.8 Å². The van der Waals surface area contributed by atoms with E-state index in [9.17, 15) is 24.6 Å². The van der Waals surface area contributed by atoms with Crippen molar-refractivity contribution in [2.75, 3.05) is 19.8 Å². The van der Waals surface area contributed by atoms with Crippen LogP contribution in [0.4, 0.5) is 0 Å². The van der Waals surface area contributed by atoms with E-state index in [1.165, 1.54) is 12.1 Å². The number of benzene rings is 3. The van der Waals surface area contributed by atoms with Gasteiger partial charge in [-0.2, -0.15) is 0 Å². The second-order valence-electron chi connectivity index (χ2n) is 11.1. The van der Waals surface area contributed by atoms with Crippen LogP contribution in [0.2, 0.25) is 0 Å². The van der Waals surface area contributed by atoms with Gasteiger partial charge in [-0.1, -0.05) is 99.0 Å². The lowest BCUT2D eigenvalue weighted by atomic mass is 9.80. The number of aliphatic carboxylic acids is 1. The monoisotopic (exact) mass is 611 g/mol. The molecule has 0 aromatic heterocycles. The molecule has 0 saturated heterocycles. The van der Waals surface area contributed by atoms with Gasteiger partial charge in [-0.05, 0) is 48.6 Å². The molecule has 0 amide bonds. The molecule has 0 fully saturated rings. The lowest BCUT2D eigenvalue weighted by Gasteiger charge is -2.31. The van der Waals surface area contributed by atoms with Crippen molar-refractivity contribution in [3.05, 3.63) is 130 Å². The van der Waals surface area contributed by atoms with E-state index >= 15 is 0 Å². The number of carbonyl (C=O) groups excluding carboxylic acids is 1. The minimum atomic E-state index is -1.22. The summed E-state index contributed by atoms with van der Waals surface area (Å²) >= 11 is 0. The summed E-state index contributed by atoms with van der Waals surface area (Å²) in [5.74, 6) is -4.13. The number of rotatable bonds is 16. The van der Waals surface area contributed by atoms with Crippen molar-refractivity contribution in [1.82, 2.24) is 5.32 Å². The van der Waals surface area contributed by atoms with E-state index in [0.29, 0.717) is 30.0 Å². The van der Waals surface area contributed by atoms with E-state index in [2.05, 4.69) is 12.2 Å². The molecule has 4 rings (SSSR count). The van der Waals surface area contributed by atoms with Gasteiger partial charge in [0.15, 0.2) is 0 Å². The van der Waals surface area contributed by atoms with Crippen molar-refractivity contribution < 1.29 is 34.1 Å². The third kappa shape index (κ3) is 8.70. The number of hydrogen-bond acceptors (Lipinski definition) is 6. The summed E-state index contributed by atoms with van der Waals surface area (Å²) in [6.45, 7) is 4.37. The number of carboxylic acids is 2. The molecule has 45 heavy (non-hydrogen) atoms. The Balaban J connectivity index is 1.66. The molecule has 0 spiro atoms. The lowest BCUT2D eigenvalue weighted by molar-refractivity contribution is -0.139. The Hall–Kier alpha value is -4.69. The van der Waals surface area contributed by atoms with Crippen molar-refractivity contribution in [3.8, 4) is 0 Å². The molecule has 3 aromatic carbocycles. The molecule has 1 atom stereocenters. The van der Waals surface area contributed by atoms with Gasteiger partial charge in [0.05, 0.1) is 41.5 Å². The fraction of sp³-hybridized carbons (Fsp3) is 0.324. The highest BCUT2D eigenvalue weighted by Gasteiger charge is 2.38. The highest BCUT2D eigenvalue weighted by molar-refractivity contribution is 5.99. The highest BCUT2D eigenvalue weighted by atomic mass is 16.5. The average molecular weight is 612 g/mol. The maximum Gasteiger partial charge on any atom is 0.336 e. The summed E-state index contributed by atoms with van der Waals surface area (Å²) in [6.07, 6.45) is 4.58. The molecule has 8 nitrogen and oxygen atoms in total. The third-order valence-electron chi connectivity index (χ3n) is 7.99. The van der Waals surface area contributed by atoms with Gasteiger partial charge in [0, 0.05) is 18.2 Å². The number of aromatic carboxylic acids is 1. The van der Waals surface area contributed by atoms with Crippen LogP contribution in [0.5, 0.6) is 0 Å².